The maximum Gasteiger partial charge on any atom is 0.265 e. The number of carbonyl (C=O) groups is 2. The molecule has 0 aliphatic carbocycles. The van der Waals surface area contributed by atoms with Crippen LogP contribution in [0.5, 0.6) is 17.2 Å². The number of ether oxygens (including phenoxy) is 3. The number of nitrogens with one attached hydrogen (secondary N) is 1. The molecular weight excluding hydrogens is 436 g/mol. The molecule has 3 rings (SSSR count). The van der Waals surface area contributed by atoms with Crippen molar-refractivity contribution in [1.29, 1.82) is 0 Å². The van der Waals surface area contributed by atoms with Crippen LogP contribution >= 0.6 is 24.0 Å². The summed E-state index contributed by atoms with van der Waals surface area (Å²) in [5.74, 6) is 0.986. The van der Waals surface area contributed by atoms with E-state index in [1.165, 1.54) is 23.8 Å². The van der Waals surface area contributed by atoms with E-state index in [9.17, 15) is 9.59 Å². The average molecular weight is 459 g/mol. The molecule has 2 aromatic carbocycles. The van der Waals surface area contributed by atoms with Crippen molar-refractivity contribution in [2.45, 2.75) is 6.92 Å². The lowest BCUT2D eigenvalue weighted by atomic mass is 10.2. The number of rotatable bonds is 8. The Hall–Kier alpha value is -3.04. The van der Waals surface area contributed by atoms with Crippen molar-refractivity contribution < 1.29 is 23.8 Å². The first kappa shape index (κ1) is 22.6. The van der Waals surface area contributed by atoms with Crippen LogP contribution in [0.2, 0.25) is 0 Å². The van der Waals surface area contributed by atoms with E-state index in [1.807, 2.05) is 19.1 Å². The fourth-order valence-corrected chi connectivity index (χ4v) is 3.95. The van der Waals surface area contributed by atoms with Crippen LogP contribution in [0.15, 0.2) is 47.4 Å². The molecule has 31 heavy (non-hydrogen) atoms. The van der Waals surface area contributed by atoms with Crippen molar-refractivity contribution >= 4 is 51.9 Å². The van der Waals surface area contributed by atoms with E-state index in [4.69, 9.17) is 26.4 Å². The number of nitrogens with zero attached hydrogens (tertiary/aromatic N) is 1. The van der Waals surface area contributed by atoms with E-state index in [-0.39, 0.29) is 18.4 Å². The number of thioether (sulfide) groups is 1. The number of hydrogen-bond acceptors (Lipinski definition) is 7. The summed E-state index contributed by atoms with van der Waals surface area (Å²) in [6.07, 6.45) is 1.74. The Morgan fingerprint density at radius 1 is 1.16 bits per heavy atom. The van der Waals surface area contributed by atoms with Gasteiger partial charge in [0.1, 0.15) is 10.1 Å². The van der Waals surface area contributed by atoms with Gasteiger partial charge in [0.05, 0.1) is 24.3 Å². The van der Waals surface area contributed by atoms with Crippen LogP contribution in [0.3, 0.4) is 0 Å². The van der Waals surface area contributed by atoms with E-state index in [2.05, 4.69) is 5.32 Å². The summed E-state index contributed by atoms with van der Waals surface area (Å²) in [5, 5.41) is 2.78. The van der Waals surface area contributed by atoms with Gasteiger partial charge in [0, 0.05) is 7.05 Å². The molecule has 0 aromatic heterocycles. The molecule has 0 bridgehead atoms. The maximum absolute atomic E-state index is 12.3. The number of thiocarbonyl (C=S) groups is 1. The minimum absolute atomic E-state index is 0.140. The SMILES string of the molecule is CCOc1ccccc1NC(=O)COc1ccc(/C=C2\SC(=S)N(C)C2=O)cc1OC. The van der Waals surface area contributed by atoms with E-state index in [0.29, 0.717) is 38.8 Å². The molecule has 0 radical (unpaired) electrons. The molecule has 0 spiro atoms. The molecule has 0 unspecified atom stereocenters. The van der Waals surface area contributed by atoms with Gasteiger partial charge in [-0.15, -0.1) is 0 Å². The lowest BCUT2D eigenvalue weighted by Gasteiger charge is -2.13. The molecule has 1 heterocycles. The monoisotopic (exact) mass is 458 g/mol. The molecule has 1 aliphatic heterocycles. The summed E-state index contributed by atoms with van der Waals surface area (Å²) in [5.41, 5.74) is 1.33. The molecule has 9 heteroatoms. The highest BCUT2D eigenvalue weighted by Gasteiger charge is 2.28. The van der Waals surface area contributed by atoms with Crippen LogP contribution in [0.25, 0.3) is 6.08 Å². The Morgan fingerprint density at radius 3 is 2.61 bits per heavy atom. The Bertz CT molecular complexity index is 1040. The van der Waals surface area contributed by atoms with Gasteiger partial charge in [0.25, 0.3) is 11.8 Å². The lowest BCUT2D eigenvalue weighted by molar-refractivity contribution is -0.121. The zero-order chi connectivity index (χ0) is 22.4. The quantitative estimate of drug-likeness (QED) is 0.474. The number of methoxy groups -OCH3 is 1. The topological polar surface area (TPSA) is 77.1 Å². The van der Waals surface area contributed by atoms with Gasteiger partial charge >= 0.3 is 0 Å². The summed E-state index contributed by atoms with van der Waals surface area (Å²) in [6, 6.07) is 12.4. The predicted octanol–water partition coefficient (Wildman–Crippen LogP) is 3.94. The summed E-state index contributed by atoms with van der Waals surface area (Å²) in [6.45, 7) is 2.17. The number of hydrogen-bond donors (Lipinski definition) is 1. The predicted molar refractivity (Wildman–Crippen MR) is 126 cm³/mol. The minimum atomic E-state index is -0.329. The Kier molecular flexibility index (Phi) is 7.54. The van der Waals surface area contributed by atoms with Gasteiger partial charge in [0.2, 0.25) is 0 Å². The van der Waals surface area contributed by atoms with Crippen LogP contribution in [-0.2, 0) is 9.59 Å². The van der Waals surface area contributed by atoms with Crippen LogP contribution in [0.4, 0.5) is 5.69 Å². The lowest BCUT2D eigenvalue weighted by Crippen LogP contribution is -2.22. The summed E-state index contributed by atoms with van der Waals surface area (Å²) in [7, 11) is 3.16. The average Bonchev–Trinajstić information content (AvgIpc) is 3.00. The second kappa shape index (κ2) is 10.3. The van der Waals surface area contributed by atoms with Gasteiger partial charge < -0.3 is 19.5 Å². The number of amides is 2. The van der Waals surface area contributed by atoms with Gasteiger partial charge in [-0.3, -0.25) is 14.5 Å². The fraction of sp³-hybridized carbons (Fsp3) is 0.227. The summed E-state index contributed by atoms with van der Waals surface area (Å²) >= 11 is 6.39. The third kappa shape index (κ3) is 5.56. The molecule has 2 aromatic rings. The van der Waals surface area contributed by atoms with E-state index in [1.54, 1.807) is 43.5 Å². The maximum atomic E-state index is 12.3. The van der Waals surface area contributed by atoms with Crippen LogP contribution in [0.1, 0.15) is 12.5 Å². The summed E-state index contributed by atoms with van der Waals surface area (Å²) in [4.78, 5) is 26.5. The number of carbonyl (C=O) groups excluding carboxylic acids is 2. The molecule has 1 saturated heterocycles. The van der Waals surface area contributed by atoms with Crippen LogP contribution in [0, 0.1) is 0 Å². The van der Waals surface area contributed by atoms with Crippen molar-refractivity contribution in [3.05, 3.63) is 52.9 Å². The molecular formula is C22H22N2O5S2. The molecule has 1 N–H and O–H groups in total. The first-order valence-electron chi connectivity index (χ1n) is 9.47. The minimum Gasteiger partial charge on any atom is -0.493 e. The Balaban J connectivity index is 1.67. The first-order chi connectivity index (χ1) is 14.9. The molecule has 0 saturated carbocycles. The van der Waals surface area contributed by atoms with Crippen molar-refractivity contribution in [3.63, 3.8) is 0 Å². The van der Waals surface area contributed by atoms with Crippen LogP contribution < -0.4 is 19.5 Å². The molecule has 7 nitrogen and oxygen atoms in total. The summed E-state index contributed by atoms with van der Waals surface area (Å²) < 4.78 is 17.1. The smallest absolute Gasteiger partial charge is 0.265 e. The van der Waals surface area contributed by atoms with Gasteiger partial charge in [-0.2, -0.15) is 0 Å². The van der Waals surface area contributed by atoms with Gasteiger partial charge in [-0.1, -0.05) is 42.2 Å². The number of likely N-dealkylation sites (N-methyl/N-ethyl adjacent to an activating group) is 1. The highest BCUT2D eigenvalue weighted by Crippen LogP contribution is 2.34. The van der Waals surface area contributed by atoms with E-state index in [0.717, 1.165) is 5.56 Å². The number of para-hydroxylation sites is 2. The third-order valence-corrected chi connectivity index (χ3v) is 5.78. The van der Waals surface area contributed by atoms with E-state index < -0.39 is 0 Å². The molecule has 1 aliphatic rings. The van der Waals surface area contributed by atoms with E-state index >= 15 is 0 Å². The molecule has 2 amide bonds. The van der Waals surface area contributed by atoms with Crippen molar-refractivity contribution in [3.8, 4) is 17.2 Å². The zero-order valence-corrected chi connectivity index (χ0v) is 19.0. The van der Waals surface area contributed by atoms with Gasteiger partial charge in [-0.05, 0) is 42.8 Å². The number of benzene rings is 2. The first-order valence-corrected chi connectivity index (χ1v) is 10.7. The second-order valence-corrected chi connectivity index (χ2v) is 8.09. The molecule has 0 atom stereocenters. The molecule has 162 valence electrons. The normalized spacial score (nSPS) is 14.7. The number of anilines is 1. The Labute approximate surface area is 190 Å². The van der Waals surface area contributed by atoms with Gasteiger partial charge in [0.15, 0.2) is 18.1 Å². The Morgan fingerprint density at radius 2 is 1.94 bits per heavy atom. The highest BCUT2D eigenvalue weighted by molar-refractivity contribution is 8.26. The van der Waals surface area contributed by atoms with Gasteiger partial charge in [-0.25, -0.2) is 0 Å². The zero-order valence-electron chi connectivity index (χ0n) is 17.3. The van der Waals surface area contributed by atoms with Crippen molar-refractivity contribution in [2.24, 2.45) is 0 Å². The second-order valence-electron chi connectivity index (χ2n) is 6.42. The fourth-order valence-electron chi connectivity index (χ4n) is 2.77. The standard InChI is InChI=1S/C22H22N2O5S2/c1-4-28-16-8-6-5-7-15(16)23-20(25)13-29-17-10-9-14(11-18(17)27-3)12-19-21(26)24(2)22(30)31-19/h5-12H,4,13H2,1-3H3,(H,23,25)/b19-12-. The van der Waals surface area contributed by atoms with Crippen LogP contribution in [-0.4, -0.2) is 48.4 Å². The van der Waals surface area contributed by atoms with Crippen molar-refractivity contribution in [1.82, 2.24) is 4.90 Å². The third-order valence-electron chi connectivity index (χ3n) is 4.29. The largest absolute Gasteiger partial charge is 0.493 e. The van der Waals surface area contributed by atoms with Crippen molar-refractivity contribution in [2.75, 3.05) is 32.7 Å². The molecule has 1 fully saturated rings. The highest BCUT2D eigenvalue weighted by atomic mass is 32.2.